The molecule has 4 heteroatoms. The van der Waals surface area contributed by atoms with E-state index in [0.29, 0.717) is 5.56 Å². The molecule has 1 saturated heterocycles. The molecule has 0 bridgehead atoms. The number of nitrogens with zero attached hydrogens (tertiary/aromatic N) is 1. The third kappa shape index (κ3) is 3.03. The van der Waals surface area contributed by atoms with Crippen molar-refractivity contribution in [3.05, 3.63) is 29.3 Å². The minimum Gasteiger partial charge on any atom is -0.475 e. The van der Waals surface area contributed by atoms with E-state index in [9.17, 15) is 4.79 Å². The second kappa shape index (κ2) is 5.72. The Balaban J connectivity index is 2.05. The van der Waals surface area contributed by atoms with E-state index in [1.54, 1.807) is 12.1 Å². The average molecular weight is 268 g/mol. The van der Waals surface area contributed by atoms with Crippen LogP contribution in [0.3, 0.4) is 0 Å². The lowest BCUT2D eigenvalue weighted by atomic mass is 10.1. The highest BCUT2D eigenvalue weighted by Gasteiger charge is 2.19. The second-order valence-electron chi connectivity index (χ2n) is 4.71. The normalized spacial score (nSPS) is 17.7. The third-order valence-electron chi connectivity index (χ3n) is 3.37. The van der Waals surface area contributed by atoms with Gasteiger partial charge in [-0.05, 0) is 62.1 Å². The Bertz CT molecular complexity index is 441. The maximum atomic E-state index is 11.1. The standard InChI is InChI=1S/C14H18ClNO2/c1-10-9-12(5-6-13(10)14(15)17)18-11(2)16-7-3-4-8-16/h5-6,9,11H,3-4,7-8H2,1-2H3. The molecule has 1 atom stereocenters. The van der Waals surface area contributed by atoms with Crippen molar-refractivity contribution in [3.8, 4) is 5.75 Å². The highest BCUT2D eigenvalue weighted by Crippen LogP contribution is 2.21. The van der Waals surface area contributed by atoms with E-state index >= 15 is 0 Å². The molecule has 0 radical (unpaired) electrons. The summed E-state index contributed by atoms with van der Waals surface area (Å²) in [6.07, 6.45) is 2.56. The average Bonchev–Trinajstić information content (AvgIpc) is 2.81. The first-order valence-electron chi connectivity index (χ1n) is 6.29. The van der Waals surface area contributed by atoms with Gasteiger partial charge >= 0.3 is 0 Å². The van der Waals surface area contributed by atoms with Crippen LogP contribution in [0.2, 0.25) is 0 Å². The van der Waals surface area contributed by atoms with Crippen LogP contribution in [-0.2, 0) is 0 Å². The van der Waals surface area contributed by atoms with Crippen LogP contribution in [-0.4, -0.2) is 29.5 Å². The van der Waals surface area contributed by atoms with E-state index < -0.39 is 5.24 Å². The van der Waals surface area contributed by atoms with Crippen molar-refractivity contribution < 1.29 is 9.53 Å². The van der Waals surface area contributed by atoms with E-state index in [1.807, 2.05) is 13.0 Å². The number of hydrogen-bond acceptors (Lipinski definition) is 3. The SMILES string of the molecule is Cc1cc(OC(C)N2CCCC2)ccc1C(=O)Cl. The van der Waals surface area contributed by atoms with Gasteiger partial charge in [0.25, 0.3) is 5.24 Å². The number of aryl methyl sites for hydroxylation is 1. The highest BCUT2D eigenvalue weighted by molar-refractivity contribution is 6.67. The number of halogens is 1. The lowest BCUT2D eigenvalue weighted by molar-refractivity contribution is 0.0592. The maximum Gasteiger partial charge on any atom is 0.252 e. The number of benzene rings is 1. The van der Waals surface area contributed by atoms with Crippen LogP contribution >= 0.6 is 11.6 Å². The van der Waals surface area contributed by atoms with Crippen molar-refractivity contribution >= 4 is 16.8 Å². The number of likely N-dealkylation sites (tertiary alicyclic amines) is 1. The van der Waals surface area contributed by atoms with Crippen molar-refractivity contribution in [1.29, 1.82) is 0 Å². The molecule has 1 heterocycles. The Morgan fingerprint density at radius 2 is 2.06 bits per heavy atom. The summed E-state index contributed by atoms with van der Waals surface area (Å²) in [5.41, 5.74) is 1.39. The van der Waals surface area contributed by atoms with Gasteiger partial charge in [0.2, 0.25) is 0 Å². The Kier molecular flexibility index (Phi) is 4.25. The van der Waals surface area contributed by atoms with Crippen molar-refractivity contribution in [1.82, 2.24) is 4.90 Å². The molecule has 0 aliphatic carbocycles. The van der Waals surface area contributed by atoms with Gasteiger partial charge in [-0.15, -0.1) is 0 Å². The van der Waals surface area contributed by atoms with E-state index in [0.717, 1.165) is 24.4 Å². The van der Waals surface area contributed by atoms with Gasteiger partial charge in [0.05, 0.1) is 0 Å². The second-order valence-corrected chi connectivity index (χ2v) is 5.05. The van der Waals surface area contributed by atoms with Crippen molar-refractivity contribution in [2.75, 3.05) is 13.1 Å². The van der Waals surface area contributed by atoms with Gasteiger partial charge < -0.3 is 4.74 Å². The molecule has 98 valence electrons. The van der Waals surface area contributed by atoms with Gasteiger partial charge in [-0.1, -0.05) is 0 Å². The fraction of sp³-hybridized carbons (Fsp3) is 0.500. The number of hydrogen-bond donors (Lipinski definition) is 0. The lowest BCUT2D eigenvalue weighted by Gasteiger charge is -2.24. The molecule has 1 aliphatic heterocycles. The van der Waals surface area contributed by atoms with Gasteiger partial charge in [0.15, 0.2) is 0 Å². The summed E-state index contributed by atoms with van der Waals surface area (Å²) in [5.74, 6) is 0.786. The van der Waals surface area contributed by atoms with Crippen molar-refractivity contribution in [2.24, 2.45) is 0 Å². The van der Waals surface area contributed by atoms with Crippen LogP contribution in [0.1, 0.15) is 35.7 Å². The first-order chi connectivity index (χ1) is 8.58. The van der Waals surface area contributed by atoms with Crippen LogP contribution in [0.25, 0.3) is 0 Å². The molecule has 0 N–H and O–H groups in total. The molecule has 1 fully saturated rings. The molecule has 1 aromatic rings. The van der Waals surface area contributed by atoms with Gasteiger partial charge in [0.1, 0.15) is 12.0 Å². The van der Waals surface area contributed by atoms with Crippen LogP contribution in [0.5, 0.6) is 5.75 Å². The zero-order chi connectivity index (χ0) is 13.1. The first kappa shape index (κ1) is 13.4. The summed E-state index contributed by atoms with van der Waals surface area (Å²) in [5, 5.41) is -0.424. The predicted molar refractivity (Wildman–Crippen MR) is 72.3 cm³/mol. The molecule has 3 nitrogen and oxygen atoms in total. The van der Waals surface area contributed by atoms with Gasteiger partial charge in [0, 0.05) is 18.7 Å². The van der Waals surface area contributed by atoms with Crippen LogP contribution < -0.4 is 4.74 Å². The fourth-order valence-corrected chi connectivity index (χ4v) is 2.52. The first-order valence-corrected chi connectivity index (χ1v) is 6.67. The number of rotatable bonds is 4. The Hall–Kier alpha value is -1.06. The van der Waals surface area contributed by atoms with E-state index in [1.165, 1.54) is 12.8 Å². The van der Waals surface area contributed by atoms with Crippen LogP contribution in [0.15, 0.2) is 18.2 Å². The Labute approximate surface area is 113 Å². The largest absolute Gasteiger partial charge is 0.475 e. The summed E-state index contributed by atoms with van der Waals surface area (Å²) in [4.78, 5) is 13.4. The van der Waals surface area contributed by atoms with Crippen LogP contribution in [0.4, 0.5) is 0 Å². The van der Waals surface area contributed by atoms with E-state index in [2.05, 4.69) is 11.8 Å². The molecule has 0 amide bonds. The van der Waals surface area contributed by atoms with E-state index in [-0.39, 0.29) is 6.23 Å². The minimum atomic E-state index is -0.424. The maximum absolute atomic E-state index is 11.1. The molecule has 0 saturated carbocycles. The van der Waals surface area contributed by atoms with E-state index in [4.69, 9.17) is 16.3 Å². The monoisotopic (exact) mass is 267 g/mol. The molecule has 18 heavy (non-hydrogen) atoms. The Morgan fingerprint density at radius 3 is 2.61 bits per heavy atom. The Morgan fingerprint density at radius 1 is 1.39 bits per heavy atom. The molecular formula is C14H18ClNO2. The predicted octanol–water partition coefficient (Wildman–Crippen LogP) is 3.19. The third-order valence-corrected chi connectivity index (χ3v) is 3.57. The summed E-state index contributed by atoms with van der Waals surface area (Å²) in [6.45, 7) is 6.11. The van der Waals surface area contributed by atoms with Gasteiger partial charge in [-0.2, -0.15) is 0 Å². The molecule has 1 aromatic carbocycles. The zero-order valence-corrected chi connectivity index (χ0v) is 11.5. The molecule has 0 spiro atoms. The number of carbonyl (C=O) groups excluding carboxylic acids is 1. The van der Waals surface area contributed by atoms with Crippen molar-refractivity contribution in [2.45, 2.75) is 32.9 Å². The van der Waals surface area contributed by atoms with Crippen LogP contribution in [0, 0.1) is 6.92 Å². The fourth-order valence-electron chi connectivity index (χ4n) is 2.31. The lowest BCUT2D eigenvalue weighted by Crippen LogP contribution is -2.34. The van der Waals surface area contributed by atoms with Gasteiger partial charge in [-0.25, -0.2) is 0 Å². The smallest absolute Gasteiger partial charge is 0.252 e. The molecule has 0 aromatic heterocycles. The quantitative estimate of drug-likeness (QED) is 0.785. The summed E-state index contributed by atoms with van der Waals surface area (Å²) in [7, 11) is 0. The summed E-state index contributed by atoms with van der Waals surface area (Å²) < 4.78 is 5.89. The summed E-state index contributed by atoms with van der Waals surface area (Å²) in [6, 6.07) is 5.38. The molecule has 2 rings (SSSR count). The zero-order valence-electron chi connectivity index (χ0n) is 10.8. The number of ether oxygens (including phenoxy) is 1. The van der Waals surface area contributed by atoms with Crippen molar-refractivity contribution in [3.63, 3.8) is 0 Å². The molecule has 1 aliphatic rings. The highest BCUT2D eigenvalue weighted by atomic mass is 35.5. The minimum absolute atomic E-state index is 0.0736. The molecule has 1 unspecified atom stereocenters. The molecular weight excluding hydrogens is 250 g/mol. The van der Waals surface area contributed by atoms with Gasteiger partial charge in [-0.3, -0.25) is 9.69 Å². The number of carbonyl (C=O) groups is 1. The topological polar surface area (TPSA) is 29.5 Å². The summed E-state index contributed by atoms with van der Waals surface area (Å²) >= 11 is 5.48.